The molecule has 53 heavy (non-hydrogen) atoms. The van der Waals surface area contributed by atoms with Crippen molar-refractivity contribution in [2.75, 3.05) is 0 Å². The minimum Gasteiger partial charge on any atom is -0.456 e. The van der Waals surface area contributed by atoms with Gasteiger partial charge >= 0.3 is 0 Å². The molecule has 7 aromatic carbocycles. The van der Waals surface area contributed by atoms with Crippen molar-refractivity contribution in [2.24, 2.45) is 0 Å². The van der Waals surface area contributed by atoms with Crippen LogP contribution in [0.4, 0.5) is 0 Å². The van der Waals surface area contributed by atoms with Crippen LogP contribution in [0.2, 0.25) is 0 Å². The lowest BCUT2D eigenvalue weighted by molar-refractivity contribution is 0.660. The Hall–Kier alpha value is -6.85. The highest BCUT2D eigenvalue weighted by Gasteiger charge is 2.37. The maximum Gasteiger partial charge on any atom is 0.164 e. The number of para-hydroxylation sites is 1. The van der Waals surface area contributed by atoms with E-state index in [1.165, 1.54) is 44.1 Å². The molecule has 0 radical (unpaired) electrons. The first kappa shape index (κ1) is 29.8. The van der Waals surface area contributed by atoms with Gasteiger partial charge in [-0.25, -0.2) is 15.0 Å². The van der Waals surface area contributed by atoms with Gasteiger partial charge in [0.2, 0.25) is 0 Å². The molecular weight excluding hydrogens is 649 g/mol. The number of aromatic nitrogens is 4. The van der Waals surface area contributed by atoms with Crippen LogP contribution in [0.25, 0.3) is 94.7 Å². The minimum absolute atomic E-state index is 0.101. The number of fused-ring (bicyclic) bond motifs is 10. The van der Waals surface area contributed by atoms with Gasteiger partial charge in [-0.3, -0.25) is 0 Å². The SMILES string of the molecule is CC1(C)c2ccccc2-c2c1ccc1c3ccccc3n(-c3ccc4c(c3)oc3cccc(-c5nc(-c6ccccc6)nc(-c6ccccc6)n5)c34)c21. The number of benzene rings is 7. The van der Waals surface area contributed by atoms with E-state index in [0.717, 1.165) is 44.3 Å². The van der Waals surface area contributed by atoms with Crippen molar-refractivity contribution in [1.82, 2.24) is 19.5 Å². The van der Waals surface area contributed by atoms with E-state index in [2.05, 4.69) is 103 Å². The minimum atomic E-state index is -0.101. The standard InChI is InChI=1S/C48H32N4O/c1-48(2)37-21-11-9-19-34(37)43-38(48)27-26-33-32-18-10-12-22-39(32)52(44(33)43)31-24-25-35-41(28-31)53-40-23-13-20-36(42(35)40)47-50-45(29-14-5-3-6-15-29)49-46(51-47)30-16-7-4-8-17-30/h3-28H,1-2H3. The molecule has 0 fully saturated rings. The summed E-state index contributed by atoms with van der Waals surface area (Å²) in [5.74, 6) is 1.87. The van der Waals surface area contributed by atoms with E-state index in [4.69, 9.17) is 19.4 Å². The molecule has 5 heteroatoms. The molecule has 250 valence electrons. The quantitative estimate of drug-likeness (QED) is 0.186. The van der Waals surface area contributed by atoms with Crippen molar-refractivity contribution in [3.63, 3.8) is 0 Å². The zero-order valence-electron chi connectivity index (χ0n) is 29.2. The molecule has 11 rings (SSSR count). The van der Waals surface area contributed by atoms with Gasteiger partial charge in [-0.05, 0) is 41.0 Å². The van der Waals surface area contributed by atoms with Gasteiger partial charge in [-0.2, -0.15) is 0 Å². The number of nitrogens with zero attached hydrogens (tertiary/aromatic N) is 4. The van der Waals surface area contributed by atoms with E-state index in [0.29, 0.717) is 17.5 Å². The van der Waals surface area contributed by atoms with Gasteiger partial charge in [0.05, 0.1) is 11.0 Å². The lowest BCUT2D eigenvalue weighted by Crippen LogP contribution is -2.14. The van der Waals surface area contributed by atoms with Crippen molar-refractivity contribution >= 4 is 43.7 Å². The summed E-state index contributed by atoms with van der Waals surface area (Å²) in [5.41, 5.74) is 13.1. The molecule has 0 bridgehead atoms. The monoisotopic (exact) mass is 680 g/mol. The summed E-state index contributed by atoms with van der Waals surface area (Å²) in [7, 11) is 0. The molecule has 0 unspecified atom stereocenters. The number of hydrogen-bond donors (Lipinski definition) is 0. The van der Waals surface area contributed by atoms with Crippen LogP contribution in [0.1, 0.15) is 25.0 Å². The van der Waals surface area contributed by atoms with Gasteiger partial charge in [-0.1, -0.05) is 141 Å². The molecule has 1 aliphatic carbocycles. The summed E-state index contributed by atoms with van der Waals surface area (Å²) >= 11 is 0. The summed E-state index contributed by atoms with van der Waals surface area (Å²) in [6.07, 6.45) is 0. The Kier molecular flexibility index (Phi) is 6.23. The predicted octanol–water partition coefficient (Wildman–Crippen LogP) is 12.2. The molecule has 0 saturated heterocycles. The van der Waals surface area contributed by atoms with Gasteiger partial charge in [0.25, 0.3) is 0 Å². The van der Waals surface area contributed by atoms with E-state index in [1.54, 1.807) is 0 Å². The molecule has 0 atom stereocenters. The zero-order chi connectivity index (χ0) is 35.3. The molecule has 0 aliphatic heterocycles. The van der Waals surface area contributed by atoms with E-state index >= 15 is 0 Å². The van der Waals surface area contributed by atoms with Crippen LogP contribution in [-0.4, -0.2) is 19.5 Å². The third kappa shape index (κ3) is 4.34. The second-order valence-electron chi connectivity index (χ2n) is 14.4. The molecule has 5 nitrogen and oxygen atoms in total. The molecule has 0 amide bonds. The Bertz CT molecular complexity index is 3020. The van der Waals surface area contributed by atoms with Crippen molar-refractivity contribution in [3.05, 3.63) is 169 Å². The van der Waals surface area contributed by atoms with Crippen LogP contribution in [0, 0.1) is 0 Å². The second kappa shape index (κ2) is 11.1. The highest BCUT2D eigenvalue weighted by molar-refractivity contribution is 6.16. The van der Waals surface area contributed by atoms with Crippen molar-refractivity contribution < 1.29 is 4.42 Å². The topological polar surface area (TPSA) is 56.7 Å². The largest absolute Gasteiger partial charge is 0.456 e. The molecule has 0 N–H and O–H groups in total. The van der Waals surface area contributed by atoms with Crippen molar-refractivity contribution in [1.29, 1.82) is 0 Å². The van der Waals surface area contributed by atoms with Crippen LogP contribution < -0.4 is 0 Å². The lowest BCUT2D eigenvalue weighted by Gasteiger charge is -2.21. The Morgan fingerprint density at radius 3 is 1.91 bits per heavy atom. The highest BCUT2D eigenvalue weighted by Crippen LogP contribution is 2.53. The Balaban J connectivity index is 1.15. The van der Waals surface area contributed by atoms with Crippen LogP contribution in [0.5, 0.6) is 0 Å². The Labute approximate surface area is 305 Å². The molecular formula is C48H32N4O. The normalized spacial score (nSPS) is 13.2. The molecule has 3 aromatic heterocycles. The van der Waals surface area contributed by atoms with Gasteiger partial charge < -0.3 is 8.98 Å². The van der Waals surface area contributed by atoms with Gasteiger partial charge in [-0.15, -0.1) is 0 Å². The maximum absolute atomic E-state index is 6.70. The summed E-state index contributed by atoms with van der Waals surface area (Å²) in [6, 6.07) is 55.2. The third-order valence-corrected chi connectivity index (χ3v) is 11.1. The molecule has 10 aromatic rings. The second-order valence-corrected chi connectivity index (χ2v) is 14.4. The van der Waals surface area contributed by atoms with E-state index < -0.39 is 0 Å². The van der Waals surface area contributed by atoms with E-state index in [1.807, 2.05) is 72.8 Å². The van der Waals surface area contributed by atoms with Gasteiger partial charge in [0.1, 0.15) is 11.2 Å². The Morgan fingerprint density at radius 1 is 0.491 bits per heavy atom. The molecule has 0 saturated carbocycles. The van der Waals surface area contributed by atoms with Crippen molar-refractivity contribution in [2.45, 2.75) is 19.3 Å². The van der Waals surface area contributed by atoms with Gasteiger partial charge in [0.15, 0.2) is 17.5 Å². The molecule has 1 aliphatic rings. The van der Waals surface area contributed by atoms with Crippen LogP contribution in [-0.2, 0) is 5.41 Å². The van der Waals surface area contributed by atoms with Gasteiger partial charge in [0, 0.05) is 61.0 Å². The van der Waals surface area contributed by atoms with E-state index in [-0.39, 0.29) is 5.41 Å². The summed E-state index contributed by atoms with van der Waals surface area (Å²) in [5, 5.41) is 4.48. The summed E-state index contributed by atoms with van der Waals surface area (Å²) in [4.78, 5) is 15.0. The van der Waals surface area contributed by atoms with Crippen LogP contribution in [0.15, 0.2) is 162 Å². The third-order valence-electron chi connectivity index (χ3n) is 11.1. The average Bonchev–Trinajstić information content (AvgIpc) is 3.83. The van der Waals surface area contributed by atoms with Crippen LogP contribution >= 0.6 is 0 Å². The fourth-order valence-electron chi connectivity index (χ4n) is 8.58. The lowest BCUT2D eigenvalue weighted by atomic mass is 9.82. The smallest absolute Gasteiger partial charge is 0.164 e. The first-order valence-corrected chi connectivity index (χ1v) is 18.0. The van der Waals surface area contributed by atoms with Crippen LogP contribution in [0.3, 0.4) is 0 Å². The molecule has 3 heterocycles. The average molecular weight is 681 g/mol. The predicted molar refractivity (Wildman–Crippen MR) is 215 cm³/mol. The summed E-state index contributed by atoms with van der Waals surface area (Å²) in [6.45, 7) is 4.68. The fraction of sp³-hybridized carbons (Fsp3) is 0.0625. The fourth-order valence-corrected chi connectivity index (χ4v) is 8.58. The zero-order valence-corrected chi connectivity index (χ0v) is 29.2. The molecule has 0 spiro atoms. The number of furan rings is 1. The number of rotatable bonds is 4. The first-order chi connectivity index (χ1) is 26.0. The number of hydrogen-bond acceptors (Lipinski definition) is 4. The van der Waals surface area contributed by atoms with Crippen molar-refractivity contribution in [3.8, 4) is 51.0 Å². The summed E-state index contributed by atoms with van der Waals surface area (Å²) < 4.78 is 9.13. The van der Waals surface area contributed by atoms with E-state index in [9.17, 15) is 0 Å². The Morgan fingerprint density at radius 2 is 1.13 bits per heavy atom. The maximum atomic E-state index is 6.70. The highest BCUT2D eigenvalue weighted by atomic mass is 16.3. The first-order valence-electron chi connectivity index (χ1n) is 18.0.